The predicted molar refractivity (Wildman–Crippen MR) is 115 cm³/mol. The maximum Gasteiger partial charge on any atom is 0.238 e. The molecule has 0 aliphatic heterocycles. The Bertz CT molecular complexity index is 1090. The fourth-order valence-electron chi connectivity index (χ4n) is 3.21. The molecule has 2 aromatic carbocycles. The summed E-state index contributed by atoms with van der Waals surface area (Å²) in [7, 11) is -3.80. The summed E-state index contributed by atoms with van der Waals surface area (Å²) >= 11 is 6.38. The van der Waals surface area contributed by atoms with Crippen LogP contribution >= 0.6 is 11.6 Å². The van der Waals surface area contributed by atoms with Gasteiger partial charge in [-0.1, -0.05) is 24.9 Å². The van der Waals surface area contributed by atoms with Crippen molar-refractivity contribution in [3.8, 4) is 22.7 Å². The normalized spacial score (nSPS) is 11.6. The number of hydrogen-bond donors (Lipinski definition) is 1. The lowest BCUT2D eigenvalue weighted by atomic mass is 10.1. The van der Waals surface area contributed by atoms with Gasteiger partial charge in [0.2, 0.25) is 10.0 Å². The summed E-state index contributed by atoms with van der Waals surface area (Å²) in [5.41, 5.74) is 3.06. The van der Waals surface area contributed by atoms with E-state index in [4.69, 9.17) is 21.5 Å². The van der Waals surface area contributed by atoms with Crippen molar-refractivity contribution in [2.24, 2.45) is 5.14 Å². The van der Waals surface area contributed by atoms with E-state index in [0.717, 1.165) is 35.5 Å². The molecule has 0 amide bonds. The van der Waals surface area contributed by atoms with Crippen LogP contribution in [-0.2, 0) is 16.4 Å². The molecule has 6 nitrogen and oxygen atoms in total. The molecule has 0 saturated heterocycles. The van der Waals surface area contributed by atoms with Gasteiger partial charge >= 0.3 is 0 Å². The van der Waals surface area contributed by atoms with Gasteiger partial charge in [0.05, 0.1) is 17.2 Å². The highest BCUT2D eigenvalue weighted by atomic mass is 35.5. The van der Waals surface area contributed by atoms with Gasteiger partial charge in [0.1, 0.15) is 12.1 Å². The fourth-order valence-corrected chi connectivity index (χ4v) is 4.24. The summed E-state index contributed by atoms with van der Waals surface area (Å²) in [4.78, 5) is 4.40. The summed E-state index contributed by atoms with van der Waals surface area (Å²) in [5, 5.41) is 5.76. The predicted octanol–water partition coefficient (Wildman–Crippen LogP) is 4.58. The first-order chi connectivity index (χ1) is 13.8. The zero-order valence-electron chi connectivity index (χ0n) is 16.4. The van der Waals surface area contributed by atoms with Crippen LogP contribution in [0.1, 0.15) is 32.3 Å². The zero-order chi connectivity index (χ0) is 21.0. The molecule has 1 aromatic heterocycles. The van der Waals surface area contributed by atoms with E-state index in [1.54, 1.807) is 18.5 Å². The molecule has 0 saturated carbocycles. The molecule has 0 fully saturated rings. The topological polar surface area (TPSA) is 87.2 Å². The average Bonchev–Trinajstić information content (AvgIpc) is 3.07. The number of halogens is 1. The van der Waals surface area contributed by atoms with E-state index in [9.17, 15) is 8.42 Å². The van der Waals surface area contributed by atoms with Crippen molar-refractivity contribution in [1.82, 2.24) is 9.55 Å². The van der Waals surface area contributed by atoms with E-state index in [0.29, 0.717) is 23.7 Å². The SMILES string of the molecule is CCCCc1cc(-n2cnc(Cl)c2-c2ccc(OCC)cc2)ccc1S(N)(=O)=O. The quantitative estimate of drug-likeness (QED) is 0.563. The molecular weight excluding hydrogens is 410 g/mol. The number of nitrogens with two attached hydrogens (primary N) is 1. The summed E-state index contributed by atoms with van der Waals surface area (Å²) in [6, 6.07) is 12.7. The molecule has 0 bridgehead atoms. The first-order valence-electron chi connectivity index (χ1n) is 9.47. The third-order valence-electron chi connectivity index (χ3n) is 4.59. The molecule has 2 N–H and O–H groups in total. The number of rotatable bonds is 8. The highest BCUT2D eigenvalue weighted by Crippen LogP contribution is 2.32. The lowest BCUT2D eigenvalue weighted by Gasteiger charge is -2.14. The van der Waals surface area contributed by atoms with Gasteiger partial charge in [0.15, 0.2) is 5.15 Å². The summed E-state index contributed by atoms with van der Waals surface area (Å²) in [6.45, 7) is 4.58. The minimum Gasteiger partial charge on any atom is -0.494 e. The molecule has 29 heavy (non-hydrogen) atoms. The number of ether oxygens (including phenoxy) is 1. The molecular formula is C21H24ClN3O3S. The van der Waals surface area contributed by atoms with Crippen LogP contribution in [-0.4, -0.2) is 24.6 Å². The standard InChI is InChI=1S/C21H24ClN3O3S/c1-3-5-6-16-13-17(9-12-19(16)29(23,26)27)25-14-24-21(22)20(25)15-7-10-18(11-8-15)28-4-2/h7-14H,3-6H2,1-2H3,(H2,23,26,27). The van der Waals surface area contributed by atoms with Crippen molar-refractivity contribution < 1.29 is 13.2 Å². The largest absolute Gasteiger partial charge is 0.494 e. The van der Waals surface area contributed by atoms with Gasteiger partial charge in [-0.3, -0.25) is 4.57 Å². The first kappa shape index (κ1) is 21.4. The Morgan fingerprint density at radius 3 is 2.48 bits per heavy atom. The summed E-state index contributed by atoms with van der Waals surface area (Å²) in [5.74, 6) is 0.776. The van der Waals surface area contributed by atoms with Crippen LogP contribution in [0.4, 0.5) is 0 Å². The molecule has 1 heterocycles. The monoisotopic (exact) mass is 433 g/mol. The Morgan fingerprint density at radius 2 is 1.86 bits per heavy atom. The Balaban J connectivity index is 2.08. The fraction of sp³-hybridized carbons (Fsp3) is 0.286. The number of aryl methyl sites for hydroxylation is 1. The average molecular weight is 434 g/mol. The molecule has 3 rings (SSSR count). The molecule has 0 unspecified atom stereocenters. The van der Waals surface area contributed by atoms with Gasteiger partial charge in [0, 0.05) is 11.3 Å². The van der Waals surface area contributed by atoms with E-state index in [-0.39, 0.29) is 4.90 Å². The number of hydrogen-bond acceptors (Lipinski definition) is 4. The van der Waals surface area contributed by atoms with Gasteiger partial charge in [-0.05, 0) is 67.8 Å². The van der Waals surface area contributed by atoms with Gasteiger partial charge < -0.3 is 4.74 Å². The number of primary sulfonamides is 1. The Labute approximate surface area is 176 Å². The molecule has 0 atom stereocenters. The van der Waals surface area contributed by atoms with Gasteiger partial charge in [-0.2, -0.15) is 0 Å². The van der Waals surface area contributed by atoms with E-state index >= 15 is 0 Å². The minimum absolute atomic E-state index is 0.156. The van der Waals surface area contributed by atoms with Crippen molar-refractivity contribution in [3.63, 3.8) is 0 Å². The number of unbranched alkanes of at least 4 members (excludes halogenated alkanes) is 1. The number of nitrogens with zero attached hydrogens (tertiary/aromatic N) is 2. The number of benzene rings is 2. The van der Waals surface area contributed by atoms with Gasteiger partial charge in [-0.25, -0.2) is 18.5 Å². The molecule has 0 aliphatic rings. The van der Waals surface area contributed by atoms with Crippen LogP contribution in [0.25, 0.3) is 16.9 Å². The van der Waals surface area contributed by atoms with Crippen LogP contribution in [0.2, 0.25) is 5.15 Å². The maximum atomic E-state index is 12.0. The third kappa shape index (κ3) is 4.80. The number of imidazole rings is 1. The van der Waals surface area contributed by atoms with Crippen LogP contribution in [0.5, 0.6) is 5.75 Å². The van der Waals surface area contributed by atoms with Gasteiger partial charge in [-0.15, -0.1) is 0 Å². The van der Waals surface area contributed by atoms with Crippen molar-refractivity contribution in [2.75, 3.05) is 6.61 Å². The smallest absolute Gasteiger partial charge is 0.238 e. The van der Waals surface area contributed by atoms with Crippen molar-refractivity contribution in [2.45, 2.75) is 38.0 Å². The second-order valence-corrected chi connectivity index (χ2v) is 8.54. The highest BCUT2D eigenvalue weighted by molar-refractivity contribution is 7.89. The van der Waals surface area contributed by atoms with Crippen LogP contribution in [0.3, 0.4) is 0 Å². The summed E-state index contributed by atoms with van der Waals surface area (Å²) < 4.78 is 31.3. The maximum absolute atomic E-state index is 12.0. The first-order valence-corrected chi connectivity index (χ1v) is 11.4. The van der Waals surface area contributed by atoms with Crippen molar-refractivity contribution in [1.29, 1.82) is 0 Å². The molecule has 8 heteroatoms. The third-order valence-corrected chi connectivity index (χ3v) is 5.88. The molecule has 154 valence electrons. The van der Waals surface area contributed by atoms with E-state index in [2.05, 4.69) is 11.9 Å². The summed E-state index contributed by atoms with van der Waals surface area (Å²) in [6.07, 6.45) is 4.06. The second kappa shape index (κ2) is 8.98. The van der Waals surface area contributed by atoms with Crippen LogP contribution in [0.15, 0.2) is 53.7 Å². The van der Waals surface area contributed by atoms with Gasteiger partial charge in [0.25, 0.3) is 0 Å². The second-order valence-electron chi connectivity index (χ2n) is 6.65. The minimum atomic E-state index is -3.80. The van der Waals surface area contributed by atoms with Crippen LogP contribution in [0, 0.1) is 0 Å². The van der Waals surface area contributed by atoms with E-state index in [1.165, 1.54) is 0 Å². The van der Waals surface area contributed by atoms with Crippen LogP contribution < -0.4 is 9.88 Å². The molecule has 0 aliphatic carbocycles. The Morgan fingerprint density at radius 1 is 1.14 bits per heavy atom. The molecule has 0 radical (unpaired) electrons. The molecule has 3 aromatic rings. The number of sulfonamides is 1. The van der Waals surface area contributed by atoms with Crippen molar-refractivity contribution in [3.05, 3.63) is 59.5 Å². The molecule has 0 spiro atoms. The van der Waals surface area contributed by atoms with E-state index < -0.39 is 10.0 Å². The van der Waals surface area contributed by atoms with Crippen molar-refractivity contribution >= 4 is 21.6 Å². The Kier molecular flexibility index (Phi) is 6.62. The zero-order valence-corrected chi connectivity index (χ0v) is 18.0. The highest BCUT2D eigenvalue weighted by Gasteiger charge is 2.18. The number of aromatic nitrogens is 2. The Hall–Kier alpha value is -2.35. The lowest BCUT2D eigenvalue weighted by molar-refractivity contribution is 0.340. The van der Waals surface area contributed by atoms with E-state index in [1.807, 2.05) is 41.8 Å². The lowest BCUT2D eigenvalue weighted by Crippen LogP contribution is -2.15.